The first-order valence-electron chi connectivity index (χ1n) is 8.12. The van der Waals surface area contributed by atoms with E-state index in [0.717, 1.165) is 0 Å². The predicted molar refractivity (Wildman–Crippen MR) is 99.5 cm³/mol. The molecule has 0 unspecified atom stereocenters. The molecule has 1 aromatic carbocycles. The lowest BCUT2D eigenvalue weighted by Gasteiger charge is -2.13. The molecule has 1 aromatic heterocycles. The van der Waals surface area contributed by atoms with E-state index in [-0.39, 0.29) is 18.7 Å². The molecule has 27 heavy (non-hydrogen) atoms. The van der Waals surface area contributed by atoms with Crippen LogP contribution >= 0.6 is 11.3 Å². The minimum absolute atomic E-state index is 0.113. The fourth-order valence-electron chi connectivity index (χ4n) is 2.51. The number of benzene rings is 1. The monoisotopic (exact) mass is 387 g/mol. The topological polar surface area (TPSA) is 129 Å². The largest absolute Gasteiger partial charge is 0.359 e. The van der Waals surface area contributed by atoms with Crippen LogP contribution < -0.4 is 21.3 Å². The first kappa shape index (κ1) is 18.5. The Kier molecular flexibility index (Phi) is 5.46. The molecule has 1 atom stereocenters. The number of carbonyl (C=O) groups excluding carboxylic acids is 4. The number of anilines is 2. The minimum atomic E-state index is -1.00. The van der Waals surface area contributed by atoms with Gasteiger partial charge in [-0.2, -0.15) is 0 Å². The van der Waals surface area contributed by atoms with E-state index in [9.17, 15) is 19.2 Å². The molecule has 0 saturated heterocycles. The number of carbonyl (C=O) groups is 4. The minimum Gasteiger partial charge on any atom is -0.359 e. The summed E-state index contributed by atoms with van der Waals surface area (Å²) >= 11 is 1.18. The van der Waals surface area contributed by atoms with Crippen LogP contribution in [0.5, 0.6) is 0 Å². The third-order valence-corrected chi connectivity index (χ3v) is 4.67. The Hall–Kier alpha value is -3.27. The number of likely N-dealkylation sites (N-methyl/N-ethyl adjacent to an activating group) is 1. The molecule has 1 aliphatic heterocycles. The van der Waals surface area contributed by atoms with Crippen molar-refractivity contribution in [1.29, 1.82) is 0 Å². The second-order valence-corrected chi connectivity index (χ2v) is 6.67. The second-order valence-electron chi connectivity index (χ2n) is 5.81. The molecule has 4 N–H and O–H groups in total. The van der Waals surface area contributed by atoms with E-state index in [0.29, 0.717) is 22.1 Å². The molecule has 140 valence electrons. The zero-order valence-electron chi connectivity index (χ0n) is 14.4. The molecule has 10 heteroatoms. The van der Waals surface area contributed by atoms with Crippen LogP contribution in [-0.2, 0) is 20.8 Å². The number of nitrogens with zero attached hydrogens (tertiary/aromatic N) is 1. The summed E-state index contributed by atoms with van der Waals surface area (Å²) in [6, 6.07) is 5.61. The van der Waals surface area contributed by atoms with Gasteiger partial charge in [0, 0.05) is 12.4 Å². The number of hydrogen-bond acceptors (Lipinski definition) is 6. The fourth-order valence-corrected chi connectivity index (χ4v) is 3.24. The van der Waals surface area contributed by atoms with Crippen molar-refractivity contribution in [3.8, 4) is 0 Å². The Morgan fingerprint density at radius 1 is 1.22 bits per heavy atom. The number of amides is 4. The van der Waals surface area contributed by atoms with Crippen LogP contribution in [0.15, 0.2) is 29.6 Å². The zero-order valence-corrected chi connectivity index (χ0v) is 15.2. The molecule has 2 heterocycles. The summed E-state index contributed by atoms with van der Waals surface area (Å²) in [5.41, 5.74) is 1.28. The van der Waals surface area contributed by atoms with E-state index < -0.39 is 23.8 Å². The van der Waals surface area contributed by atoms with Crippen molar-refractivity contribution in [2.75, 3.05) is 17.7 Å². The van der Waals surface area contributed by atoms with Crippen LogP contribution in [0, 0.1) is 0 Å². The normalized spacial score (nSPS) is 15.8. The van der Waals surface area contributed by atoms with E-state index in [2.05, 4.69) is 26.3 Å². The van der Waals surface area contributed by atoms with Gasteiger partial charge in [-0.05, 0) is 12.1 Å². The Morgan fingerprint density at radius 3 is 2.78 bits per heavy atom. The summed E-state index contributed by atoms with van der Waals surface area (Å²) in [5.74, 6) is -1.55. The maximum Gasteiger partial charge on any atom is 0.254 e. The van der Waals surface area contributed by atoms with Crippen LogP contribution in [0.1, 0.15) is 22.5 Å². The van der Waals surface area contributed by atoms with Crippen LogP contribution in [0.25, 0.3) is 0 Å². The van der Waals surface area contributed by atoms with Gasteiger partial charge in [-0.15, -0.1) is 11.3 Å². The zero-order chi connectivity index (χ0) is 19.4. The highest BCUT2D eigenvalue weighted by Crippen LogP contribution is 2.20. The quantitative estimate of drug-likeness (QED) is 0.594. The van der Waals surface area contributed by atoms with Crippen molar-refractivity contribution in [2.45, 2.75) is 18.9 Å². The predicted octanol–water partition coefficient (Wildman–Crippen LogP) is 0.511. The third-order valence-electron chi connectivity index (χ3n) is 3.86. The third kappa shape index (κ3) is 4.47. The summed E-state index contributed by atoms with van der Waals surface area (Å²) in [5, 5.41) is 12.3. The summed E-state index contributed by atoms with van der Waals surface area (Å²) in [4.78, 5) is 52.3. The average Bonchev–Trinajstić information content (AvgIpc) is 3.03. The number of aromatic nitrogens is 1. The van der Waals surface area contributed by atoms with Crippen LogP contribution in [-0.4, -0.2) is 41.7 Å². The van der Waals surface area contributed by atoms with Gasteiger partial charge < -0.3 is 21.3 Å². The van der Waals surface area contributed by atoms with Crippen molar-refractivity contribution in [3.05, 3.63) is 40.9 Å². The molecule has 0 fully saturated rings. The number of thiazole rings is 1. The molecule has 2 aromatic rings. The number of nitrogens with one attached hydrogen (secondary N) is 4. The molecular formula is C17H17N5O4S. The molecule has 0 spiro atoms. The van der Waals surface area contributed by atoms with E-state index in [1.165, 1.54) is 18.4 Å². The van der Waals surface area contributed by atoms with Crippen LogP contribution in [0.4, 0.5) is 10.8 Å². The molecular weight excluding hydrogens is 370 g/mol. The summed E-state index contributed by atoms with van der Waals surface area (Å²) in [7, 11) is 1.53. The first-order chi connectivity index (χ1) is 13.0. The van der Waals surface area contributed by atoms with E-state index in [4.69, 9.17) is 0 Å². The highest BCUT2D eigenvalue weighted by atomic mass is 32.1. The van der Waals surface area contributed by atoms with Crippen molar-refractivity contribution in [3.63, 3.8) is 0 Å². The lowest BCUT2D eigenvalue weighted by molar-refractivity contribution is -0.122. The lowest BCUT2D eigenvalue weighted by atomic mass is 10.1. The first-order valence-corrected chi connectivity index (χ1v) is 9.00. The molecule has 0 radical (unpaired) electrons. The highest BCUT2D eigenvalue weighted by molar-refractivity contribution is 7.13. The van der Waals surface area contributed by atoms with Crippen molar-refractivity contribution in [2.24, 2.45) is 0 Å². The van der Waals surface area contributed by atoms with Gasteiger partial charge in [-0.1, -0.05) is 12.1 Å². The summed E-state index contributed by atoms with van der Waals surface area (Å²) in [6.07, 6.45) is -0.127. The Morgan fingerprint density at radius 2 is 2.00 bits per heavy atom. The van der Waals surface area contributed by atoms with Crippen LogP contribution in [0.2, 0.25) is 0 Å². The maximum atomic E-state index is 12.3. The van der Waals surface area contributed by atoms with Crippen molar-refractivity contribution >= 4 is 45.8 Å². The molecule has 9 nitrogen and oxygen atoms in total. The molecule has 1 aliphatic rings. The van der Waals surface area contributed by atoms with Crippen LogP contribution in [0.3, 0.4) is 0 Å². The molecule has 3 rings (SSSR count). The SMILES string of the molecule is CNC(=O)Cc1csc(NC(=O)C[C@@H]2NC(=O)c3ccccc3NC2=O)n1. The summed E-state index contributed by atoms with van der Waals surface area (Å²) in [6.45, 7) is 0. The molecule has 0 saturated carbocycles. The van der Waals surface area contributed by atoms with E-state index in [1.807, 2.05) is 0 Å². The fraction of sp³-hybridized carbons (Fsp3) is 0.235. The van der Waals surface area contributed by atoms with Gasteiger partial charge in [-0.3, -0.25) is 19.2 Å². The lowest BCUT2D eigenvalue weighted by Crippen LogP contribution is -2.43. The smallest absolute Gasteiger partial charge is 0.254 e. The summed E-state index contributed by atoms with van der Waals surface area (Å²) < 4.78 is 0. The van der Waals surface area contributed by atoms with Gasteiger partial charge in [0.05, 0.1) is 29.8 Å². The Bertz CT molecular complexity index is 910. The van der Waals surface area contributed by atoms with E-state index >= 15 is 0 Å². The van der Waals surface area contributed by atoms with E-state index in [1.54, 1.807) is 29.6 Å². The molecule has 0 bridgehead atoms. The maximum absolute atomic E-state index is 12.3. The van der Waals surface area contributed by atoms with Gasteiger partial charge in [0.2, 0.25) is 17.7 Å². The number of rotatable bonds is 5. The number of para-hydroxylation sites is 1. The average molecular weight is 387 g/mol. The molecule has 4 amide bonds. The van der Waals surface area contributed by atoms with Gasteiger partial charge in [-0.25, -0.2) is 4.98 Å². The van der Waals surface area contributed by atoms with Gasteiger partial charge in [0.25, 0.3) is 5.91 Å². The van der Waals surface area contributed by atoms with Gasteiger partial charge in [0.15, 0.2) is 5.13 Å². The van der Waals surface area contributed by atoms with Crippen molar-refractivity contribution in [1.82, 2.24) is 15.6 Å². The van der Waals surface area contributed by atoms with Gasteiger partial charge in [0.1, 0.15) is 6.04 Å². The second kappa shape index (κ2) is 7.96. The molecule has 0 aliphatic carbocycles. The Balaban J connectivity index is 1.62. The van der Waals surface area contributed by atoms with Crippen molar-refractivity contribution < 1.29 is 19.2 Å². The highest BCUT2D eigenvalue weighted by Gasteiger charge is 2.29. The van der Waals surface area contributed by atoms with Gasteiger partial charge >= 0.3 is 0 Å². The number of fused-ring (bicyclic) bond motifs is 1. The Labute approximate surface area is 158 Å². The standard InChI is InChI=1S/C17H17N5O4S/c1-18-13(23)6-9-8-27-17(19-9)22-14(24)7-12-16(26)20-11-5-3-2-4-10(11)15(25)21-12/h2-5,8,12H,6-7H2,1H3,(H,18,23)(H,20,26)(H,21,25)(H,19,22,24)/t12-/m0/s1. The number of hydrogen-bond donors (Lipinski definition) is 4.